The number of hydrogen-bond donors (Lipinski definition) is 2. The minimum Gasteiger partial charge on any atom is -0.355 e. The van der Waals surface area contributed by atoms with Crippen LogP contribution < -0.4 is 5.32 Å². The van der Waals surface area contributed by atoms with Crippen molar-refractivity contribution in [3.05, 3.63) is 71.0 Å². The van der Waals surface area contributed by atoms with Gasteiger partial charge in [0.1, 0.15) is 5.52 Å². The van der Waals surface area contributed by atoms with Gasteiger partial charge >= 0.3 is 0 Å². The van der Waals surface area contributed by atoms with Crippen LogP contribution in [0.25, 0.3) is 33.5 Å². The molecule has 45 heavy (non-hydrogen) atoms. The number of benzene rings is 2. The Balaban J connectivity index is 1.11. The number of likely N-dealkylation sites (N-methyl/N-ethyl adjacent to an activating group) is 1. The first-order chi connectivity index (χ1) is 21.7. The predicted octanol–water partition coefficient (Wildman–Crippen LogP) is 3.41. The van der Waals surface area contributed by atoms with Gasteiger partial charge in [-0.05, 0) is 66.9 Å². The Morgan fingerprint density at radius 1 is 0.978 bits per heavy atom. The Morgan fingerprint density at radius 3 is 2.51 bits per heavy atom. The molecule has 0 atom stereocenters. The first kappa shape index (κ1) is 30.9. The molecule has 0 aliphatic carbocycles. The van der Waals surface area contributed by atoms with Crippen molar-refractivity contribution in [3.63, 3.8) is 0 Å². The number of rotatable bonds is 9. The lowest BCUT2D eigenvalue weighted by atomic mass is 9.92. The number of nitrogens with one attached hydrogen (secondary N) is 2. The number of carbonyl (C=O) groups excluding carboxylic acids is 2. The van der Waals surface area contributed by atoms with Crippen LogP contribution in [-0.2, 0) is 17.8 Å². The van der Waals surface area contributed by atoms with Crippen molar-refractivity contribution in [1.29, 1.82) is 0 Å². The molecule has 10 nitrogen and oxygen atoms in total. The molecule has 2 aromatic carbocycles. The minimum absolute atomic E-state index is 0.0242. The fraction of sp³-hybridized carbons (Fsp3) is 0.429. The molecule has 0 unspecified atom stereocenters. The van der Waals surface area contributed by atoms with E-state index in [2.05, 4.69) is 51.1 Å². The number of aryl methyl sites for hydroxylation is 1. The molecule has 2 amide bonds. The highest BCUT2D eigenvalue weighted by atomic mass is 16.2. The van der Waals surface area contributed by atoms with Crippen molar-refractivity contribution < 1.29 is 9.59 Å². The van der Waals surface area contributed by atoms with Crippen LogP contribution in [0.15, 0.2) is 48.8 Å². The summed E-state index contributed by atoms with van der Waals surface area (Å²) in [5.74, 6) is 0.105. The molecule has 0 spiro atoms. The van der Waals surface area contributed by atoms with Gasteiger partial charge in [-0.15, -0.1) is 0 Å². The topological polar surface area (TPSA) is 101 Å². The number of nitrogens with zero attached hydrogens (tertiary/aromatic N) is 6. The average Bonchev–Trinajstić information content (AvgIpc) is 3.47. The molecule has 236 valence electrons. The number of fused-ring (bicyclic) bond motifs is 2. The van der Waals surface area contributed by atoms with Crippen molar-refractivity contribution in [2.24, 2.45) is 0 Å². The van der Waals surface area contributed by atoms with Gasteiger partial charge in [0.25, 0.3) is 5.91 Å². The van der Waals surface area contributed by atoms with Crippen molar-refractivity contribution in [2.75, 3.05) is 73.5 Å². The monoisotopic (exact) mass is 608 g/mol. The highest BCUT2D eigenvalue weighted by Crippen LogP contribution is 2.32. The van der Waals surface area contributed by atoms with Gasteiger partial charge in [-0.25, -0.2) is 9.97 Å². The summed E-state index contributed by atoms with van der Waals surface area (Å²) in [6.45, 7) is 10.7. The van der Waals surface area contributed by atoms with Crippen molar-refractivity contribution in [1.82, 2.24) is 39.9 Å². The molecule has 10 heteroatoms. The molecular formula is C35H44N8O2. The second-order valence-corrected chi connectivity index (χ2v) is 12.6. The summed E-state index contributed by atoms with van der Waals surface area (Å²) >= 11 is 0. The molecule has 1 fully saturated rings. The Bertz CT molecular complexity index is 1670. The van der Waals surface area contributed by atoms with E-state index in [1.54, 1.807) is 19.0 Å². The van der Waals surface area contributed by atoms with E-state index in [1.165, 1.54) is 16.7 Å². The minimum atomic E-state index is -0.0242. The van der Waals surface area contributed by atoms with Crippen LogP contribution in [0.2, 0.25) is 0 Å². The number of hydrogen-bond acceptors (Lipinski definition) is 7. The lowest BCUT2D eigenvalue weighted by molar-refractivity contribution is -0.121. The second kappa shape index (κ2) is 13.5. The van der Waals surface area contributed by atoms with Crippen molar-refractivity contribution >= 4 is 23.0 Å². The normalized spacial score (nSPS) is 16.1. The highest BCUT2D eigenvalue weighted by molar-refractivity contribution is 5.96. The number of aromatic nitrogens is 3. The first-order valence-corrected chi connectivity index (χ1v) is 15.9. The highest BCUT2D eigenvalue weighted by Gasteiger charge is 2.21. The van der Waals surface area contributed by atoms with E-state index in [4.69, 9.17) is 9.97 Å². The molecule has 2 aliphatic heterocycles. The maximum Gasteiger partial charge on any atom is 0.253 e. The number of H-pyrrole nitrogens is 1. The summed E-state index contributed by atoms with van der Waals surface area (Å²) in [5.41, 5.74) is 9.93. The van der Waals surface area contributed by atoms with Crippen LogP contribution in [0, 0.1) is 6.92 Å². The van der Waals surface area contributed by atoms with E-state index in [0.29, 0.717) is 18.5 Å². The van der Waals surface area contributed by atoms with E-state index in [1.807, 2.05) is 36.7 Å². The van der Waals surface area contributed by atoms with Crippen LogP contribution in [0.3, 0.4) is 0 Å². The summed E-state index contributed by atoms with van der Waals surface area (Å²) in [6, 6.07) is 12.1. The van der Waals surface area contributed by atoms with Crippen molar-refractivity contribution in [3.8, 4) is 22.4 Å². The summed E-state index contributed by atoms with van der Waals surface area (Å²) in [5, 5.41) is 3.12. The quantitative estimate of drug-likeness (QED) is 0.300. The van der Waals surface area contributed by atoms with Gasteiger partial charge in [0.05, 0.1) is 11.9 Å². The van der Waals surface area contributed by atoms with E-state index >= 15 is 0 Å². The molecule has 1 saturated heterocycles. The molecule has 4 aromatic rings. The number of aromatic amines is 1. The van der Waals surface area contributed by atoms with Gasteiger partial charge in [-0.3, -0.25) is 19.4 Å². The molecule has 0 radical (unpaired) electrons. The third-order valence-electron chi connectivity index (χ3n) is 9.16. The van der Waals surface area contributed by atoms with Gasteiger partial charge in [0.2, 0.25) is 5.91 Å². The molecule has 0 saturated carbocycles. The third-order valence-corrected chi connectivity index (χ3v) is 9.16. The largest absolute Gasteiger partial charge is 0.355 e. The Morgan fingerprint density at radius 2 is 1.76 bits per heavy atom. The van der Waals surface area contributed by atoms with E-state index in [-0.39, 0.29) is 11.8 Å². The fourth-order valence-corrected chi connectivity index (χ4v) is 6.39. The van der Waals surface area contributed by atoms with Gasteiger partial charge in [-0.2, -0.15) is 0 Å². The van der Waals surface area contributed by atoms with E-state index in [0.717, 1.165) is 92.3 Å². The maximum absolute atomic E-state index is 12.6. The summed E-state index contributed by atoms with van der Waals surface area (Å²) in [7, 11) is 5.67. The second-order valence-electron chi connectivity index (χ2n) is 12.6. The molecule has 6 rings (SSSR count). The van der Waals surface area contributed by atoms with Crippen LogP contribution in [0.5, 0.6) is 0 Å². The van der Waals surface area contributed by atoms with Crippen LogP contribution in [0.4, 0.5) is 0 Å². The maximum atomic E-state index is 12.6. The van der Waals surface area contributed by atoms with Gasteiger partial charge < -0.3 is 20.1 Å². The van der Waals surface area contributed by atoms with E-state index < -0.39 is 0 Å². The fourth-order valence-electron chi connectivity index (χ4n) is 6.39. The molecule has 2 aliphatic rings. The van der Waals surface area contributed by atoms with Crippen LogP contribution >= 0.6 is 0 Å². The zero-order valence-corrected chi connectivity index (χ0v) is 26.9. The Kier molecular flexibility index (Phi) is 9.25. The molecule has 2 N–H and O–H groups in total. The summed E-state index contributed by atoms with van der Waals surface area (Å²) in [6.07, 6.45) is 5.25. The van der Waals surface area contributed by atoms with Crippen LogP contribution in [-0.4, -0.2) is 120 Å². The Hall–Kier alpha value is -4.12. The smallest absolute Gasteiger partial charge is 0.253 e. The standard InChI is InChI=1S/C35H44N8O2/c1-24-19-27(31-22-38-34-33(39-31)30(21-37-34)25-5-7-26(8-6-25)35(45)40(2)3)20-28-23-43(12-9-29(24)28)13-10-32(44)36-11-14-42-17-15-41(4)16-18-42/h5-8,19-22H,9-18,23H2,1-4H3,(H,36,44)(H,37,38). The van der Waals surface area contributed by atoms with E-state index in [9.17, 15) is 9.59 Å². The number of amides is 2. The predicted molar refractivity (Wildman–Crippen MR) is 178 cm³/mol. The molecule has 4 heterocycles. The van der Waals surface area contributed by atoms with Gasteiger partial charge in [-0.1, -0.05) is 12.1 Å². The summed E-state index contributed by atoms with van der Waals surface area (Å²) < 4.78 is 0. The number of piperazine rings is 1. The average molecular weight is 609 g/mol. The van der Waals surface area contributed by atoms with Gasteiger partial charge in [0.15, 0.2) is 5.65 Å². The lowest BCUT2D eigenvalue weighted by Gasteiger charge is -2.32. The zero-order valence-electron chi connectivity index (χ0n) is 26.9. The molecule has 0 bridgehead atoms. The Labute approximate surface area is 265 Å². The summed E-state index contributed by atoms with van der Waals surface area (Å²) in [4.78, 5) is 46.7. The van der Waals surface area contributed by atoms with Crippen molar-refractivity contribution in [2.45, 2.75) is 26.3 Å². The number of carbonyl (C=O) groups is 2. The lowest BCUT2D eigenvalue weighted by Crippen LogP contribution is -2.47. The zero-order chi connectivity index (χ0) is 31.5. The molecule has 2 aromatic heterocycles. The van der Waals surface area contributed by atoms with Crippen LogP contribution in [0.1, 0.15) is 33.5 Å². The van der Waals surface area contributed by atoms with Gasteiger partial charge in [0, 0.05) is 102 Å². The third kappa shape index (κ3) is 7.08. The molecular weight excluding hydrogens is 564 g/mol. The first-order valence-electron chi connectivity index (χ1n) is 15.9. The SMILES string of the molecule is Cc1cc(-c2cnc3[nH]cc(-c4ccc(C(=O)N(C)C)cc4)c3n2)cc2c1CCN(CCC(=O)NCCN1CCN(C)CC1)C2.